The molecule has 0 bridgehead atoms. The van der Waals surface area contributed by atoms with Crippen LogP contribution in [-0.4, -0.2) is 110 Å². The largest absolute Gasteiger partial charge is 0.506 e. The summed E-state index contributed by atoms with van der Waals surface area (Å²) < 4.78 is 21.9. The fourth-order valence-corrected chi connectivity index (χ4v) is 5.36. The molecule has 17 heteroatoms. The number of aromatic nitrogens is 2. The Hall–Kier alpha value is -5.62. The first-order chi connectivity index (χ1) is 25.7. The number of hydrogen-bond donors (Lipinski definition) is 8. The highest BCUT2D eigenvalue weighted by Crippen LogP contribution is 2.27. The molecule has 4 rings (SSSR count). The molecule has 53 heavy (non-hydrogen) atoms. The summed E-state index contributed by atoms with van der Waals surface area (Å²) in [5.41, 5.74) is 21.6. The number of carbonyl (C=O) groups is 2. The summed E-state index contributed by atoms with van der Waals surface area (Å²) in [4.78, 5) is 34.7. The molecule has 0 atom stereocenters. The molecule has 0 unspecified atom stereocenters. The number of nitrogens with one attached hydrogen (secondary N) is 4. The SMILES string of the molecule is N=CC(=CN)C(=O)NCCOCCOCCOCCOCCC(=O)N1CCc2cc(CNc3ncnc(N)c3C(=N)c3ccc(O)c(N)c3)ccc2C1. The minimum atomic E-state index is -0.423. The summed E-state index contributed by atoms with van der Waals surface area (Å²) in [5.74, 6) is 0.101. The van der Waals surface area contributed by atoms with Gasteiger partial charge in [0.2, 0.25) is 5.91 Å². The molecule has 3 aromatic rings. The van der Waals surface area contributed by atoms with Crippen LogP contribution in [0.4, 0.5) is 17.3 Å². The monoisotopic (exact) mass is 732 g/mol. The van der Waals surface area contributed by atoms with Crippen molar-refractivity contribution in [2.24, 2.45) is 5.73 Å². The van der Waals surface area contributed by atoms with Crippen LogP contribution in [0.3, 0.4) is 0 Å². The minimum Gasteiger partial charge on any atom is -0.506 e. The highest BCUT2D eigenvalue weighted by molar-refractivity contribution is 6.16. The van der Waals surface area contributed by atoms with Crippen molar-refractivity contribution in [2.75, 3.05) is 82.7 Å². The topological polar surface area (TPSA) is 270 Å². The number of nitrogens with two attached hydrogens (primary N) is 3. The Kier molecular flexibility index (Phi) is 15.9. The number of anilines is 3. The lowest BCUT2D eigenvalue weighted by molar-refractivity contribution is -0.133. The van der Waals surface area contributed by atoms with E-state index in [1.54, 1.807) is 6.07 Å². The molecular weight excluding hydrogens is 684 g/mol. The second kappa shape index (κ2) is 21.0. The molecule has 1 aromatic heterocycles. The van der Waals surface area contributed by atoms with Crippen LogP contribution in [0.25, 0.3) is 0 Å². The fourth-order valence-electron chi connectivity index (χ4n) is 5.36. The Morgan fingerprint density at radius 2 is 1.62 bits per heavy atom. The van der Waals surface area contributed by atoms with Crippen molar-refractivity contribution < 1.29 is 33.6 Å². The van der Waals surface area contributed by atoms with Gasteiger partial charge in [-0.25, -0.2) is 9.97 Å². The second-order valence-corrected chi connectivity index (χ2v) is 11.9. The Balaban J connectivity index is 1.08. The van der Waals surface area contributed by atoms with Crippen LogP contribution in [0.15, 0.2) is 54.5 Å². The zero-order valence-corrected chi connectivity index (χ0v) is 29.6. The summed E-state index contributed by atoms with van der Waals surface area (Å²) in [6.07, 6.45) is 4.32. The highest BCUT2D eigenvalue weighted by atomic mass is 16.6. The van der Waals surface area contributed by atoms with Crippen LogP contribution >= 0.6 is 0 Å². The van der Waals surface area contributed by atoms with Gasteiger partial charge in [-0.15, -0.1) is 0 Å². The van der Waals surface area contributed by atoms with Crippen molar-refractivity contribution in [3.8, 4) is 5.75 Å². The van der Waals surface area contributed by atoms with Crippen molar-refractivity contribution in [1.29, 1.82) is 10.8 Å². The van der Waals surface area contributed by atoms with Crippen molar-refractivity contribution in [2.45, 2.75) is 25.9 Å². The Labute approximate surface area is 307 Å². The molecular formula is C36H48N10O7. The standard InChI is InChI=1S/C36H48N10O7/c37-19-28(20-38)36(49)42-7-10-51-12-14-53-16-15-52-13-11-50-9-6-31(48)46-8-5-25-17-24(1-2-27(25)22-46)21-43-35-32(34(41)44-23-45-35)33(40)26-3-4-30(47)29(39)18-26/h1-4,17-20,23,37,40,47H,5-16,21-22,38-39H2,(H,42,49)(H3,41,43,44,45). The normalized spacial score (nSPS) is 12.6. The number of hydrogen-bond acceptors (Lipinski definition) is 15. The van der Waals surface area contributed by atoms with E-state index in [0.29, 0.717) is 96.0 Å². The third kappa shape index (κ3) is 12.2. The van der Waals surface area contributed by atoms with E-state index < -0.39 is 5.91 Å². The Morgan fingerprint density at radius 3 is 2.30 bits per heavy atom. The fraction of sp³-hybridized carbons (Fsp3) is 0.389. The lowest BCUT2D eigenvalue weighted by Gasteiger charge is -2.29. The van der Waals surface area contributed by atoms with Gasteiger partial charge in [0.1, 0.15) is 23.7 Å². The van der Waals surface area contributed by atoms with Gasteiger partial charge in [-0.1, -0.05) is 18.2 Å². The molecule has 0 radical (unpaired) electrons. The van der Waals surface area contributed by atoms with E-state index in [9.17, 15) is 14.7 Å². The lowest BCUT2D eigenvalue weighted by Crippen LogP contribution is -2.36. The van der Waals surface area contributed by atoms with Crippen LogP contribution < -0.4 is 27.8 Å². The summed E-state index contributed by atoms with van der Waals surface area (Å²) in [7, 11) is 0. The molecule has 2 aromatic carbocycles. The van der Waals surface area contributed by atoms with Crippen LogP contribution in [0, 0.1) is 10.8 Å². The molecule has 2 heterocycles. The molecule has 0 saturated carbocycles. The molecule has 0 fully saturated rings. The second-order valence-electron chi connectivity index (χ2n) is 11.9. The molecule has 11 N–H and O–H groups in total. The van der Waals surface area contributed by atoms with Gasteiger partial charge in [0.15, 0.2) is 0 Å². The van der Waals surface area contributed by atoms with E-state index in [0.717, 1.165) is 30.0 Å². The zero-order chi connectivity index (χ0) is 38.0. The third-order valence-corrected chi connectivity index (χ3v) is 8.24. The van der Waals surface area contributed by atoms with Gasteiger partial charge in [0.05, 0.1) is 81.8 Å². The summed E-state index contributed by atoms with van der Waals surface area (Å²) >= 11 is 0. The molecule has 0 spiro atoms. The molecule has 0 aliphatic carbocycles. The summed E-state index contributed by atoms with van der Waals surface area (Å²) in [5, 5.41) is 31.4. The Bertz CT molecular complexity index is 1750. The summed E-state index contributed by atoms with van der Waals surface area (Å²) in [6, 6.07) is 10.7. The van der Waals surface area contributed by atoms with Gasteiger partial charge in [-0.05, 0) is 41.3 Å². The van der Waals surface area contributed by atoms with E-state index in [1.165, 1.54) is 24.0 Å². The zero-order valence-electron chi connectivity index (χ0n) is 29.6. The lowest BCUT2D eigenvalue weighted by atomic mass is 9.97. The van der Waals surface area contributed by atoms with E-state index in [2.05, 4.69) is 26.7 Å². The van der Waals surface area contributed by atoms with Gasteiger partial charge >= 0.3 is 0 Å². The number of aromatic hydroxyl groups is 1. The number of nitrogens with zero attached hydrogens (tertiary/aromatic N) is 3. The Morgan fingerprint density at radius 1 is 0.925 bits per heavy atom. The van der Waals surface area contributed by atoms with Gasteiger partial charge in [0, 0.05) is 44.2 Å². The highest BCUT2D eigenvalue weighted by Gasteiger charge is 2.21. The van der Waals surface area contributed by atoms with Crippen molar-refractivity contribution in [3.05, 3.63) is 82.3 Å². The molecule has 1 aliphatic rings. The van der Waals surface area contributed by atoms with Crippen molar-refractivity contribution in [1.82, 2.24) is 20.2 Å². The molecule has 1 aliphatic heterocycles. The maximum Gasteiger partial charge on any atom is 0.254 e. The van der Waals surface area contributed by atoms with Gasteiger partial charge in [0.25, 0.3) is 5.91 Å². The summed E-state index contributed by atoms with van der Waals surface area (Å²) in [6.45, 7) is 4.82. The number of ether oxygens (including phenoxy) is 4. The number of nitrogen functional groups attached to an aromatic ring is 2. The van der Waals surface area contributed by atoms with Crippen LogP contribution in [-0.2, 0) is 48.0 Å². The molecule has 0 saturated heterocycles. The van der Waals surface area contributed by atoms with Crippen molar-refractivity contribution >= 4 is 41.1 Å². The molecule has 17 nitrogen and oxygen atoms in total. The number of rotatable bonds is 22. The number of amides is 2. The number of phenols is 1. The van der Waals surface area contributed by atoms with E-state index in [-0.39, 0.29) is 40.9 Å². The average Bonchev–Trinajstić information content (AvgIpc) is 3.16. The van der Waals surface area contributed by atoms with Crippen LogP contribution in [0.1, 0.15) is 34.2 Å². The number of benzene rings is 2. The van der Waals surface area contributed by atoms with E-state index in [1.807, 2.05) is 17.0 Å². The predicted molar refractivity (Wildman–Crippen MR) is 200 cm³/mol. The van der Waals surface area contributed by atoms with Gasteiger partial charge < -0.3 is 62.2 Å². The van der Waals surface area contributed by atoms with Gasteiger partial charge in [-0.3, -0.25) is 15.0 Å². The van der Waals surface area contributed by atoms with Crippen LogP contribution in [0.5, 0.6) is 5.75 Å². The van der Waals surface area contributed by atoms with Crippen LogP contribution in [0.2, 0.25) is 0 Å². The minimum absolute atomic E-state index is 0.0375. The van der Waals surface area contributed by atoms with E-state index in [4.69, 9.17) is 47.0 Å². The smallest absolute Gasteiger partial charge is 0.254 e. The number of phenolic OH excluding ortho intramolecular Hbond substituents is 1. The predicted octanol–water partition coefficient (Wildman–Crippen LogP) is 1.32. The molecule has 284 valence electrons. The van der Waals surface area contributed by atoms with Gasteiger partial charge in [-0.2, -0.15) is 0 Å². The number of fused-ring (bicyclic) bond motifs is 1. The third-order valence-electron chi connectivity index (χ3n) is 8.24. The maximum absolute atomic E-state index is 12.9. The maximum atomic E-state index is 12.9. The first-order valence-electron chi connectivity index (χ1n) is 17.1. The van der Waals surface area contributed by atoms with Crippen molar-refractivity contribution in [3.63, 3.8) is 0 Å². The quantitative estimate of drug-likeness (QED) is 0.0238. The first kappa shape index (κ1) is 40.2. The average molecular weight is 733 g/mol. The number of carbonyl (C=O) groups excluding carboxylic acids is 2. The van der Waals surface area contributed by atoms with E-state index >= 15 is 0 Å². The first-order valence-corrected chi connectivity index (χ1v) is 17.1. The molecule has 2 amide bonds.